The predicted octanol–water partition coefficient (Wildman–Crippen LogP) is 3.49. The third kappa shape index (κ3) is 4.41. The highest BCUT2D eigenvalue weighted by molar-refractivity contribution is 7.98. The number of nitrogens with zero attached hydrogens (tertiary/aromatic N) is 5. The molecule has 1 N–H and O–H groups in total. The number of rotatable bonds is 7. The van der Waals surface area contributed by atoms with Crippen LogP contribution in [-0.2, 0) is 12.3 Å². The van der Waals surface area contributed by atoms with Gasteiger partial charge in [0.2, 0.25) is 0 Å². The first kappa shape index (κ1) is 19.8. The zero-order chi connectivity index (χ0) is 20.9. The van der Waals surface area contributed by atoms with Gasteiger partial charge < -0.3 is 9.84 Å². The number of aryl methyl sites for hydroxylation is 2. The second-order valence-electron chi connectivity index (χ2n) is 6.64. The molecule has 4 aromatic rings. The zero-order valence-corrected chi connectivity index (χ0v) is 17.4. The predicted molar refractivity (Wildman–Crippen MR) is 112 cm³/mol. The van der Waals surface area contributed by atoms with Crippen molar-refractivity contribution in [2.75, 3.05) is 0 Å². The van der Waals surface area contributed by atoms with Gasteiger partial charge in [0, 0.05) is 24.1 Å². The number of nitrogens with one attached hydrogen (secondary N) is 1. The summed E-state index contributed by atoms with van der Waals surface area (Å²) in [6, 6.07) is 11.3. The van der Waals surface area contributed by atoms with E-state index in [-0.39, 0.29) is 5.91 Å². The molecule has 0 atom stereocenters. The van der Waals surface area contributed by atoms with Crippen LogP contribution in [0.1, 0.15) is 32.9 Å². The molecular weight excluding hydrogens is 400 g/mol. The topological polar surface area (TPSA) is 98.7 Å². The Labute approximate surface area is 177 Å². The molecule has 9 heteroatoms. The quantitative estimate of drug-likeness (QED) is 0.457. The van der Waals surface area contributed by atoms with Crippen molar-refractivity contribution in [3.8, 4) is 5.69 Å². The van der Waals surface area contributed by atoms with E-state index >= 15 is 0 Å². The van der Waals surface area contributed by atoms with Crippen LogP contribution in [0.25, 0.3) is 5.69 Å². The van der Waals surface area contributed by atoms with Gasteiger partial charge in [-0.3, -0.25) is 4.79 Å². The molecule has 0 fully saturated rings. The van der Waals surface area contributed by atoms with Crippen molar-refractivity contribution in [3.63, 3.8) is 0 Å². The summed E-state index contributed by atoms with van der Waals surface area (Å²) in [7, 11) is 0. The minimum Gasteiger partial charge on any atom is -0.361 e. The molecule has 152 valence electrons. The normalized spacial score (nSPS) is 10.9. The van der Waals surface area contributed by atoms with Crippen LogP contribution in [0.2, 0.25) is 0 Å². The molecule has 4 rings (SSSR count). The lowest BCUT2D eigenvalue weighted by molar-refractivity contribution is 0.0947. The van der Waals surface area contributed by atoms with E-state index in [1.165, 1.54) is 18.1 Å². The molecular formula is C21H20N6O2S. The summed E-state index contributed by atoms with van der Waals surface area (Å²) in [6.45, 7) is 4.21. The van der Waals surface area contributed by atoms with Crippen molar-refractivity contribution in [1.82, 2.24) is 30.2 Å². The molecule has 0 radical (unpaired) electrons. The van der Waals surface area contributed by atoms with Crippen LogP contribution in [0, 0.1) is 13.8 Å². The van der Waals surface area contributed by atoms with E-state index < -0.39 is 0 Å². The third-order valence-electron chi connectivity index (χ3n) is 4.62. The number of hydrogen-bond acceptors (Lipinski definition) is 7. The lowest BCUT2D eigenvalue weighted by Crippen LogP contribution is -2.23. The minimum absolute atomic E-state index is 0.162. The fourth-order valence-corrected chi connectivity index (χ4v) is 4.06. The van der Waals surface area contributed by atoms with Crippen molar-refractivity contribution in [2.24, 2.45) is 0 Å². The molecule has 8 nitrogen and oxygen atoms in total. The molecule has 1 aromatic carbocycles. The summed E-state index contributed by atoms with van der Waals surface area (Å²) in [5, 5.41) is 11.7. The van der Waals surface area contributed by atoms with Gasteiger partial charge in [-0.05, 0) is 43.7 Å². The second-order valence-corrected chi connectivity index (χ2v) is 7.60. The Kier molecular flexibility index (Phi) is 5.89. The van der Waals surface area contributed by atoms with Crippen LogP contribution >= 0.6 is 11.8 Å². The molecule has 0 aliphatic rings. The average molecular weight is 420 g/mol. The molecule has 0 saturated heterocycles. The molecule has 0 saturated carbocycles. The van der Waals surface area contributed by atoms with Gasteiger partial charge in [-0.2, -0.15) is 5.10 Å². The summed E-state index contributed by atoms with van der Waals surface area (Å²) < 4.78 is 6.89. The van der Waals surface area contributed by atoms with Crippen molar-refractivity contribution in [1.29, 1.82) is 0 Å². The first-order valence-corrected chi connectivity index (χ1v) is 10.3. The second kappa shape index (κ2) is 8.91. The van der Waals surface area contributed by atoms with Gasteiger partial charge in [0.1, 0.15) is 23.4 Å². The van der Waals surface area contributed by atoms with E-state index in [0.717, 1.165) is 28.3 Å². The highest BCUT2D eigenvalue weighted by Crippen LogP contribution is 2.27. The van der Waals surface area contributed by atoms with E-state index in [9.17, 15) is 4.79 Å². The van der Waals surface area contributed by atoms with Crippen LogP contribution in [0.4, 0.5) is 0 Å². The zero-order valence-electron chi connectivity index (χ0n) is 16.6. The lowest BCUT2D eigenvalue weighted by atomic mass is 10.2. The molecule has 3 aromatic heterocycles. The Morgan fingerprint density at radius 3 is 2.73 bits per heavy atom. The number of thioether (sulfide) groups is 1. The van der Waals surface area contributed by atoms with E-state index in [4.69, 9.17) is 4.52 Å². The van der Waals surface area contributed by atoms with Gasteiger partial charge in [-0.15, -0.1) is 11.8 Å². The lowest BCUT2D eigenvalue weighted by Gasteiger charge is -2.10. The van der Waals surface area contributed by atoms with E-state index in [0.29, 0.717) is 22.9 Å². The molecule has 0 aliphatic carbocycles. The van der Waals surface area contributed by atoms with Crippen molar-refractivity contribution < 1.29 is 9.32 Å². The van der Waals surface area contributed by atoms with Gasteiger partial charge in [-0.25, -0.2) is 14.6 Å². The summed E-state index contributed by atoms with van der Waals surface area (Å²) >= 11 is 1.50. The van der Waals surface area contributed by atoms with Gasteiger partial charge in [0.05, 0.1) is 16.9 Å². The van der Waals surface area contributed by atoms with E-state index in [1.54, 1.807) is 29.3 Å². The van der Waals surface area contributed by atoms with E-state index in [1.807, 2.05) is 38.1 Å². The third-order valence-corrected chi connectivity index (χ3v) is 5.65. The Hall–Kier alpha value is -3.46. The monoisotopic (exact) mass is 420 g/mol. The van der Waals surface area contributed by atoms with Gasteiger partial charge in [-0.1, -0.05) is 17.3 Å². The Morgan fingerprint density at radius 2 is 2.03 bits per heavy atom. The Balaban J connectivity index is 1.40. The summed E-state index contributed by atoms with van der Waals surface area (Å²) in [4.78, 5) is 21.1. The van der Waals surface area contributed by atoms with Gasteiger partial charge in [0.25, 0.3) is 5.91 Å². The first-order valence-electron chi connectivity index (χ1n) is 9.33. The SMILES string of the molecule is Cc1noc(C)c1CSc1ncccc1C(=O)NCc1ccc(-n2cncn2)cc1. The Morgan fingerprint density at radius 1 is 1.20 bits per heavy atom. The largest absolute Gasteiger partial charge is 0.361 e. The highest BCUT2D eigenvalue weighted by atomic mass is 32.2. The molecule has 3 heterocycles. The minimum atomic E-state index is -0.162. The highest BCUT2D eigenvalue weighted by Gasteiger charge is 2.15. The van der Waals surface area contributed by atoms with Crippen molar-refractivity contribution >= 4 is 17.7 Å². The van der Waals surface area contributed by atoms with Crippen molar-refractivity contribution in [3.05, 3.63) is 83.4 Å². The van der Waals surface area contributed by atoms with Gasteiger partial charge >= 0.3 is 0 Å². The average Bonchev–Trinajstić information content (AvgIpc) is 3.42. The molecule has 0 aliphatic heterocycles. The molecule has 30 heavy (non-hydrogen) atoms. The maximum absolute atomic E-state index is 12.8. The molecule has 0 spiro atoms. The Bertz CT molecular complexity index is 1120. The van der Waals surface area contributed by atoms with Crippen molar-refractivity contribution in [2.45, 2.75) is 31.2 Å². The van der Waals surface area contributed by atoms with E-state index in [2.05, 4.69) is 25.5 Å². The first-order chi connectivity index (χ1) is 14.6. The molecule has 0 bridgehead atoms. The number of carbonyl (C=O) groups is 1. The maximum Gasteiger partial charge on any atom is 0.254 e. The number of benzene rings is 1. The summed E-state index contributed by atoms with van der Waals surface area (Å²) in [5.41, 5.74) is 4.34. The fraction of sp³-hybridized carbons (Fsp3) is 0.190. The van der Waals surface area contributed by atoms with Gasteiger partial charge in [0.15, 0.2) is 0 Å². The number of aromatic nitrogens is 5. The summed E-state index contributed by atoms with van der Waals surface area (Å²) in [5.74, 6) is 1.27. The maximum atomic E-state index is 12.8. The number of pyridine rings is 1. The number of amides is 1. The van der Waals surface area contributed by atoms with Crippen LogP contribution in [-0.4, -0.2) is 30.8 Å². The number of hydrogen-bond donors (Lipinski definition) is 1. The standard InChI is InChI=1S/C21H20N6O2S/c1-14-19(15(2)29-26-14)11-30-21-18(4-3-9-23-21)20(28)24-10-16-5-7-17(8-6-16)27-13-22-12-25-27/h3-9,12-13H,10-11H2,1-2H3,(H,24,28). The van der Waals surface area contributed by atoms with Crippen LogP contribution < -0.4 is 5.32 Å². The molecule has 0 unspecified atom stereocenters. The molecule has 1 amide bonds. The van der Waals surface area contributed by atoms with Crippen LogP contribution in [0.5, 0.6) is 0 Å². The van der Waals surface area contributed by atoms with Crippen LogP contribution in [0.15, 0.2) is 64.8 Å². The fourth-order valence-electron chi connectivity index (χ4n) is 2.91. The smallest absolute Gasteiger partial charge is 0.254 e. The number of carbonyl (C=O) groups excluding carboxylic acids is 1. The summed E-state index contributed by atoms with van der Waals surface area (Å²) in [6.07, 6.45) is 4.82. The van der Waals surface area contributed by atoms with Crippen LogP contribution in [0.3, 0.4) is 0 Å².